The third kappa shape index (κ3) is 3.83. The van der Waals surface area contributed by atoms with Crippen LogP contribution in [0.4, 0.5) is 17.3 Å². The van der Waals surface area contributed by atoms with Gasteiger partial charge < -0.3 is 12.9 Å². The van der Waals surface area contributed by atoms with E-state index >= 15 is 0 Å². The Hall–Kier alpha value is 0.931. The Kier molecular flexibility index (Phi) is 6.25. The standard InChI is InChI=1S/C7H5BClF4.K/c9-4-5-1-2-6(3-7(5)10)8(11,12)13;/h1-3H,4H2;/q-1;+1. The average molecular weight is 250 g/mol. The van der Waals surface area contributed by atoms with Crippen molar-refractivity contribution in [3.63, 3.8) is 0 Å². The molecule has 0 atom stereocenters. The second kappa shape index (κ2) is 5.86. The SMILES string of the molecule is Fc1cc([B-](F)(F)F)ccc1CCl.[K+]. The molecule has 0 aliphatic heterocycles. The van der Waals surface area contributed by atoms with Crippen molar-refractivity contribution in [2.75, 3.05) is 0 Å². The van der Waals surface area contributed by atoms with Crippen LogP contribution in [-0.2, 0) is 5.88 Å². The van der Waals surface area contributed by atoms with Gasteiger partial charge in [0.1, 0.15) is 5.82 Å². The summed E-state index contributed by atoms with van der Waals surface area (Å²) in [6.45, 7) is -5.13. The van der Waals surface area contributed by atoms with E-state index in [1.165, 1.54) is 0 Å². The molecule has 0 saturated carbocycles. The maximum Gasteiger partial charge on any atom is 1.00 e. The normalized spacial score (nSPS) is 10.9. The van der Waals surface area contributed by atoms with E-state index in [9.17, 15) is 17.3 Å². The largest absolute Gasteiger partial charge is 1.00 e. The van der Waals surface area contributed by atoms with Crippen molar-refractivity contribution in [1.82, 2.24) is 0 Å². The van der Waals surface area contributed by atoms with Gasteiger partial charge in [-0.2, -0.15) is 0 Å². The summed E-state index contributed by atoms with van der Waals surface area (Å²) in [5.41, 5.74) is -0.864. The quantitative estimate of drug-likeness (QED) is 0.381. The Labute approximate surface area is 126 Å². The van der Waals surface area contributed by atoms with Crippen LogP contribution in [0.3, 0.4) is 0 Å². The first-order chi connectivity index (χ1) is 5.95. The number of alkyl halides is 1. The molecule has 0 amide bonds. The van der Waals surface area contributed by atoms with Gasteiger partial charge in [-0.15, -0.1) is 17.1 Å². The van der Waals surface area contributed by atoms with Gasteiger partial charge >= 0.3 is 58.4 Å². The summed E-state index contributed by atoms with van der Waals surface area (Å²) < 4.78 is 49.0. The molecule has 0 unspecified atom stereocenters. The van der Waals surface area contributed by atoms with Gasteiger partial charge in [-0.05, 0) is 0 Å². The molecule has 0 saturated heterocycles. The first-order valence-electron chi connectivity index (χ1n) is 3.49. The van der Waals surface area contributed by atoms with Crippen LogP contribution >= 0.6 is 11.6 Å². The van der Waals surface area contributed by atoms with Crippen molar-refractivity contribution < 1.29 is 68.7 Å². The molecule has 0 nitrogen and oxygen atoms in total. The van der Waals surface area contributed by atoms with Crippen LogP contribution < -0.4 is 56.8 Å². The molecule has 0 fully saturated rings. The summed E-state index contributed by atoms with van der Waals surface area (Å²) in [7, 11) is 0. The second-order valence-electron chi connectivity index (χ2n) is 2.56. The molecular formula is C7H5BClF4K. The number of halogens is 5. The molecule has 0 spiro atoms. The number of rotatable bonds is 2. The van der Waals surface area contributed by atoms with Gasteiger partial charge in [-0.3, -0.25) is 0 Å². The first-order valence-corrected chi connectivity index (χ1v) is 4.03. The van der Waals surface area contributed by atoms with E-state index in [4.69, 9.17) is 11.6 Å². The minimum absolute atomic E-state index is 0. The zero-order valence-electron chi connectivity index (χ0n) is 7.41. The Morgan fingerprint density at radius 3 is 2.14 bits per heavy atom. The predicted molar refractivity (Wildman–Crippen MR) is 44.7 cm³/mol. The minimum atomic E-state index is -5.13. The molecule has 0 aromatic heterocycles. The average Bonchev–Trinajstić information content (AvgIpc) is 2.02. The molecular weight excluding hydrogens is 245 g/mol. The van der Waals surface area contributed by atoms with Gasteiger partial charge in [0, 0.05) is 5.56 Å². The predicted octanol–water partition coefficient (Wildman–Crippen LogP) is -0.377. The minimum Gasteiger partial charge on any atom is -0.445 e. The Morgan fingerprint density at radius 2 is 1.79 bits per heavy atom. The Balaban J connectivity index is 0.00000169. The summed E-state index contributed by atoms with van der Waals surface area (Å²) in [4.78, 5) is 0. The van der Waals surface area contributed by atoms with E-state index in [0.717, 1.165) is 12.1 Å². The second-order valence-corrected chi connectivity index (χ2v) is 2.83. The summed E-state index contributed by atoms with van der Waals surface area (Å²) in [6, 6.07) is 2.35. The van der Waals surface area contributed by atoms with E-state index < -0.39 is 18.3 Å². The molecule has 0 heterocycles. The maximum atomic E-state index is 12.8. The summed E-state index contributed by atoms with van der Waals surface area (Å²) >= 11 is 5.28. The van der Waals surface area contributed by atoms with Crippen LogP contribution in [0.15, 0.2) is 18.2 Å². The molecule has 0 aliphatic carbocycles. The van der Waals surface area contributed by atoms with Crippen molar-refractivity contribution in [3.8, 4) is 0 Å². The Bertz CT molecular complexity index is 315. The van der Waals surface area contributed by atoms with Crippen LogP contribution in [0.5, 0.6) is 0 Å². The topological polar surface area (TPSA) is 0 Å². The fourth-order valence-corrected chi connectivity index (χ4v) is 1.09. The molecule has 1 aromatic rings. The van der Waals surface area contributed by atoms with Gasteiger partial charge in [0.25, 0.3) is 0 Å². The summed E-state index contributed by atoms with van der Waals surface area (Å²) in [5, 5.41) is 0. The van der Waals surface area contributed by atoms with Gasteiger partial charge in [-0.1, -0.05) is 18.2 Å². The van der Waals surface area contributed by atoms with Gasteiger partial charge in [-0.25, -0.2) is 4.39 Å². The zero-order chi connectivity index (χ0) is 10.1. The van der Waals surface area contributed by atoms with E-state index in [0.29, 0.717) is 6.07 Å². The maximum absolute atomic E-state index is 12.8. The molecule has 0 bridgehead atoms. The van der Waals surface area contributed by atoms with Crippen molar-refractivity contribution in [2.45, 2.75) is 5.88 Å². The van der Waals surface area contributed by atoms with Crippen molar-refractivity contribution in [2.24, 2.45) is 0 Å². The van der Waals surface area contributed by atoms with Crippen molar-refractivity contribution in [1.29, 1.82) is 0 Å². The van der Waals surface area contributed by atoms with E-state index in [-0.39, 0.29) is 62.8 Å². The molecule has 7 heteroatoms. The fraction of sp³-hybridized carbons (Fsp3) is 0.143. The smallest absolute Gasteiger partial charge is 0.445 e. The number of hydrogen-bond donors (Lipinski definition) is 0. The molecule has 14 heavy (non-hydrogen) atoms. The van der Waals surface area contributed by atoms with Crippen LogP contribution in [0, 0.1) is 5.82 Å². The van der Waals surface area contributed by atoms with Crippen molar-refractivity contribution in [3.05, 3.63) is 29.6 Å². The van der Waals surface area contributed by atoms with Gasteiger partial charge in [0.15, 0.2) is 0 Å². The molecule has 1 aromatic carbocycles. The van der Waals surface area contributed by atoms with Crippen LogP contribution in [0.2, 0.25) is 0 Å². The zero-order valence-corrected chi connectivity index (χ0v) is 11.3. The van der Waals surface area contributed by atoms with Crippen molar-refractivity contribution >= 4 is 24.0 Å². The van der Waals surface area contributed by atoms with E-state index in [2.05, 4.69) is 0 Å². The molecule has 1 rings (SSSR count). The Morgan fingerprint density at radius 1 is 1.21 bits per heavy atom. The third-order valence-corrected chi connectivity index (χ3v) is 1.89. The summed E-state index contributed by atoms with van der Waals surface area (Å²) in [6.07, 6.45) is 0. The molecule has 0 N–H and O–H groups in total. The van der Waals surface area contributed by atoms with Crippen LogP contribution in [0.25, 0.3) is 0 Å². The van der Waals surface area contributed by atoms with Crippen LogP contribution in [0.1, 0.15) is 5.56 Å². The van der Waals surface area contributed by atoms with E-state index in [1.54, 1.807) is 0 Å². The third-order valence-electron chi connectivity index (χ3n) is 1.60. The first kappa shape index (κ1) is 14.9. The van der Waals surface area contributed by atoms with Gasteiger partial charge in [0.05, 0.1) is 5.88 Å². The number of benzene rings is 1. The fourth-order valence-electron chi connectivity index (χ4n) is 0.876. The molecule has 72 valence electrons. The van der Waals surface area contributed by atoms with Crippen LogP contribution in [-0.4, -0.2) is 6.98 Å². The monoisotopic (exact) mass is 250 g/mol. The number of hydrogen-bond acceptors (Lipinski definition) is 0. The van der Waals surface area contributed by atoms with E-state index in [1.807, 2.05) is 0 Å². The molecule has 0 radical (unpaired) electrons. The summed E-state index contributed by atoms with van der Waals surface area (Å²) in [5.74, 6) is -1.04. The van der Waals surface area contributed by atoms with Gasteiger partial charge in [0.2, 0.25) is 0 Å². The molecule has 0 aliphatic rings.